The summed E-state index contributed by atoms with van der Waals surface area (Å²) in [5, 5.41) is 12.8. The second kappa shape index (κ2) is 9.02. The topological polar surface area (TPSA) is 85.8 Å². The normalized spacial score (nSPS) is 19.9. The highest BCUT2D eigenvalue weighted by atomic mass is 35.5. The van der Waals surface area contributed by atoms with Crippen LogP contribution in [0.2, 0.25) is 5.02 Å². The Morgan fingerprint density at radius 2 is 1.97 bits per heavy atom. The van der Waals surface area contributed by atoms with E-state index in [1.165, 1.54) is 0 Å². The zero-order chi connectivity index (χ0) is 21.1. The van der Waals surface area contributed by atoms with E-state index in [0.29, 0.717) is 28.9 Å². The molecule has 2 amide bonds. The van der Waals surface area contributed by atoms with E-state index in [0.717, 1.165) is 31.7 Å². The fraction of sp³-hybridized carbons (Fsp3) is 0.409. The van der Waals surface area contributed by atoms with Crippen LogP contribution in [0.15, 0.2) is 42.6 Å². The van der Waals surface area contributed by atoms with Gasteiger partial charge in [0, 0.05) is 38.9 Å². The molecule has 2 aliphatic rings. The summed E-state index contributed by atoms with van der Waals surface area (Å²) >= 11 is 6.23. The van der Waals surface area contributed by atoms with Crippen LogP contribution in [-0.2, 0) is 9.59 Å². The number of benzene rings is 1. The molecule has 8 heteroatoms. The second-order valence-electron chi connectivity index (χ2n) is 7.83. The third kappa shape index (κ3) is 4.27. The van der Waals surface area contributed by atoms with Crippen molar-refractivity contribution in [1.82, 2.24) is 4.98 Å². The molecule has 1 atom stereocenters. The quantitative estimate of drug-likeness (QED) is 0.764. The lowest BCUT2D eigenvalue weighted by Crippen LogP contribution is -2.36. The molecule has 30 heavy (non-hydrogen) atoms. The van der Waals surface area contributed by atoms with Crippen LogP contribution in [-0.4, -0.2) is 48.1 Å². The summed E-state index contributed by atoms with van der Waals surface area (Å²) in [6.45, 7) is 2.07. The summed E-state index contributed by atoms with van der Waals surface area (Å²) in [5.41, 5.74) is 1.28. The number of aliphatic hydroxyl groups is 1. The second-order valence-corrected chi connectivity index (χ2v) is 8.24. The number of pyridine rings is 1. The fourth-order valence-corrected chi connectivity index (χ4v) is 4.33. The molecule has 4 rings (SSSR count). The standard InChI is InChI=1S/C22H25ClN4O3/c23-17-4-1-2-6-19(17)27-13-16(12-20(27)29)22(30)25-18-5-3-9-24-21(18)26-10-7-15(14-28)8-11-26/h1-6,9,15-16,28H,7-8,10-14H2,(H,25,30). The number of hydrogen-bond donors (Lipinski definition) is 2. The molecule has 0 aliphatic carbocycles. The van der Waals surface area contributed by atoms with Crippen molar-refractivity contribution in [3.63, 3.8) is 0 Å². The van der Waals surface area contributed by atoms with Crippen LogP contribution in [0.1, 0.15) is 19.3 Å². The zero-order valence-electron chi connectivity index (χ0n) is 16.6. The highest BCUT2D eigenvalue weighted by molar-refractivity contribution is 6.33. The molecule has 1 aromatic heterocycles. The number of aromatic nitrogens is 1. The highest BCUT2D eigenvalue weighted by Gasteiger charge is 2.36. The average molecular weight is 429 g/mol. The van der Waals surface area contributed by atoms with E-state index in [2.05, 4.69) is 15.2 Å². The first-order chi connectivity index (χ1) is 14.6. The predicted molar refractivity (Wildman–Crippen MR) is 117 cm³/mol. The molecule has 2 aromatic rings. The van der Waals surface area contributed by atoms with Gasteiger partial charge in [0.1, 0.15) is 0 Å². The van der Waals surface area contributed by atoms with Crippen LogP contribution in [0.5, 0.6) is 0 Å². The molecule has 158 valence electrons. The summed E-state index contributed by atoms with van der Waals surface area (Å²) in [5.74, 6) is 0.290. The molecule has 0 spiro atoms. The fourth-order valence-electron chi connectivity index (χ4n) is 4.10. The van der Waals surface area contributed by atoms with Crippen LogP contribution >= 0.6 is 11.6 Å². The molecule has 1 aromatic carbocycles. The van der Waals surface area contributed by atoms with Crippen molar-refractivity contribution in [2.45, 2.75) is 19.3 Å². The van der Waals surface area contributed by atoms with Gasteiger partial charge in [-0.15, -0.1) is 0 Å². The van der Waals surface area contributed by atoms with E-state index in [9.17, 15) is 14.7 Å². The van der Waals surface area contributed by atoms with Crippen molar-refractivity contribution < 1.29 is 14.7 Å². The van der Waals surface area contributed by atoms with E-state index >= 15 is 0 Å². The Bertz CT molecular complexity index is 930. The number of nitrogens with one attached hydrogen (secondary N) is 1. The molecule has 0 saturated carbocycles. The van der Waals surface area contributed by atoms with Gasteiger partial charge in [0.15, 0.2) is 5.82 Å². The monoisotopic (exact) mass is 428 g/mol. The molecule has 0 radical (unpaired) electrons. The summed E-state index contributed by atoms with van der Waals surface area (Å²) in [6.07, 6.45) is 3.64. The summed E-state index contributed by atoms with van der Waals surface area (Å²) < 4.78 is 0. The van der Waals surface area contributed by atoms with Gasteiger partial charge in [0.25, 0.3) is 0 Å². The average Bonchev–Trinajstić information content (AvgIpc) is 3.16. The van der Waals surface area contributed by atoms with Gasteiger partial charge in [0.05, 0.1) is 22.3 Å². The molecule has 3 heterocycles. The highest BCUT2D eigenvalue weighted by Crippen LogP contribution is 2.32. The Morgan fingerprint density at radius 1 is 1.20 bits per heavy atom. The third-order valence-electron chi connectivity index (χ3n) is 5.86. The van der Waals surface area contributed by atoms with Gasteiger partial charge in [-0.1, -0.05) is 23.7 Å². The maximum atomic E-state index is 13.0. The largest absolute Gasteiger partial charge is 0.396 e. The van der Waals surface area contributed by atoms with Crippen molar-refractivity contribution in [3.8, 4) is 0 Å². The first kappa shape index (κ1) is 20.6. The summed E-state index contributed by atoms with van der Waals surface area (Å²) in [6, 6.07) is 10.8. The van der Waals surface area contributed by atoms with Crippen molar-refractivity contribution in [2.75, 3.05) is 41.4 Å². The first-order valence-electron chi connectivity index (χ1n) is 10.2. The third-order valence-corrected chi connectivity index (χ3v) is 6.18. The molecular formula is C22H25ClN4O3. The number of para-hydroxylation sites is 1. The number of hydrogen-bond acceptors (Lipinski definition) is 5. The minimum Gasteiger partial charge on any atom is -0.396 e. The number of nitrogens with zero attached hydrogens (tertiary/aromatic N) is 3. The number of piperidine rings is 1. The van der Waals surface area contributed by atoms with Gasteiger partial charge in [0.2, 0.25) is 11.8 Å². The molecule has 2 N–H and O–H groups in total. The van der Waals surface area contributed by atoms with Crippen LogP contribution in [0.4, 0.5) is 17.2 Å². The number of aliphatic hydroxyl groups excluding tert-OH is 1. The molecule has 0 bridgehead atoms. The van der Waals surface area contributed by atoms with Crippen molar-refractivity contribution in [3.05, 3.63) is 47.6 Å². The Hall–Kier alpha value is -2.64. The van der Waals surface area contributed by atoms with Gasteiger partial charge in [-0.25, -0.2) is 4.98 Å². The zero-order valence-corrected chi connectivity index (χ0v) is 17.4. The van der Waals surface area contributed by atoms with Gasteiger partial charge < -0.3 is 20.2 Å². The Kier molecular flexibility index (Phi) is 6.20. The molecule has 1 unspecified atom stereocenters. The SMILES string of the molecule is O=C(Nc1cccnc1N1CCC(CO)CC1)C1CC(=O)N(c2ccccc2Cl)C1. The molecule has 7 nitrogen and oxygen atoms in total. The minimum absolute atomic E-state index is 0.110. The lowest BCUT2D eigenvalue weighted by Gasteiger charge is -2.33. The molecular weight excluding hydrogens is 404 g/mol. The maximum Gasteiger partial charge on any atom is 0.229 e. The summed E-state index contributed by atoms with van der Waals surface area (Å²) in [7, 11) is 0. The van der Waals surface area contributed by atoms with E-state index in [1.807, 2.05) is 18.2 Å². The molecule has 2 saturated heterocycles. The lowest BCUT2D eigenvalue weighted by molar-refractivity contribution is -0.122. The number of amides is 2. The number of carbonyl (C=O) groups is 2. The van der Waals surface area contributed by atoms with Gasteiger partial charge in [-0.2, -0.15) is 0 Å². The predicted octanol–water partition coefficient (Wildman–Crippen LogP) is 2.94. The van der Waals surface area contributed by atoms with E-state index in [4.69, 9.17) is 11.6 Å². The first-order valence-corrected chi connectivity index (χ1v) is 10.6. The van der Waals surface area contributed by atoms with Gasteiger partial charge in [-0.05, 0) is 43.0 Å². The molecule has 2 fully saturated rings. The van der Waals surface area contributed by atoms with Crippen LogP contribution in [0.25, 0.3) is 0 Å². The number of anilines is 3. The number of carbonyl (C=O) groups excluding carboxylic acids is 2. The Labute approximate surface area is 180 Å². The minimum atomic E-state index is -0.457. The number of halogens is 1. The van der Waals surface area contributed by atoms with Gasteiger partial charge in [-0.3, -0.25) is 9.59 Å². The molecule has 2 aliphatic heterocycles. The number of rotatable bonds is 5. The van der Waals surface area contributed by atoms with Crippen molar-refractivity contribution >= 4 is 40.6 Å². The van der Waals surface area contributed by atoms with E-state index in [1.54, 1.807) is 29.3 Å². The van der Waals surface area contributed by atoms with Crippen molar-refractivity contribution in [2.24, 2.45) is 11.8 Å². The summed E-state index contributed by atoms with van der Waals surface area (Å²) in [4.78, 5) is 33.7. The van der Waals surface area contributed by atoms with E-state index in [-0.39, 0.29) is 24.8 Å². The van der Waals surface area contributed by atoms with Crippen LogP contribution < -0.4 is 15.1 Å². The van der Waals surface area contributed by atoms with Crippen molar-refractivity contribution in [1.29, 1.82) is 0 Å². The Balaban J connectivity index is 1.45. The lowest BCUT2D eigenvalue weighted by atomic mass is 9.98. The van der Waals surface area contributed by atoms with Crippen LogP contribution in [0.3, 0.4) is 0 Å². The maximum absolute atomic E-state index is 13.0. The van der Waals surface area contributed by atoms with Crippen LogP contribution in [0, 0.1) is 11.8 Å². The van der Waals surface area contributed by atoms with E-state index < -0.39 is 5.92 Å². The van der Waals surface area contributed by atoms with Gasteiger partial charge >= 0.3 is 0 Å². The Morgan fingerprint density at radius 3 is 2.70 bits per heavy atom. The smallest absolute Gasteiger partial charge is 0.229 e.